The molecule has 6 heteroatoms. The number of nitrogens with zero attached hydrogens (tertiary/aromatic N) is 2. The van der Waals surface area contributed by atoms with Crippen LogP contribution in [0.2, 0.25) is 0 Å². The maximum atomic E-state index is 12.4. The molecule has 134 valence electrons. The molecule has 5 nitrogen and oxygen atoms in total. The number of aryl methyl sites for hydroxylation is 1. The van der Waals surface area contributed by atoms with Gasteiger partial charge >= 0.3 is 0 Å². The molecule has 25 heavy (non-hydrogen) atoms. The van der Waals surface area contributed by atoms with E-state index in [1.807, 2.05) is 0 Å². The summed E-state index contributed by atoms with van der Waals surface area (Å²) in [6.45, 7) is 5.41. The van der Waals surface area contributed by atoms with Crippen molar-refractivity contribution in [2.24, 2.45) is 5.92 Å². The van der Waals surface area contributed by atoms with Gasteiger partial charge in [-0.1, -0.05) is 17.4 Å². The molecule has 1 aromatic carbocycles. The van der Waals surface area contributed by atoms with Gasteiger partial charge in [0.15, 0.2) is 5.13 Å². The van der Waals surface area contributed by atoms with E-state index in [9.17, 15) is 4.79 Å². The van der Waals surface area contributed by atoms with Gasteiger partial charge in [-0.2, -0.15) is 0 Å². The zero-order chi connectivity index (χ0) is 17.2. The fourth-order valence-corrected chi connectivity index (χ4v) is 4.77. The van der Waals surface area contributed by atoms with Crippen molar-refractivity contribution in [2.75, 3.05) is 31.1 Å². The third-order valence-electron chi connectivity index (χ3n) is 5.20. The van der Waals surface area contributed by atoms with E-state index in [2.05, 4.69) is 35.3 Å². The minimum atomic E-state index is 0.120. The molecule has 1 aromatic heterocycles. The first-order valence-corrected chi connectivity index (χ1v) is 10.0. The molecule has 0 saturated carbocycles. The van der Waals surface area contributed by atoms with E-state index in [4.69, 9.17) is 9.72 Å². The maximum absolute atomic E-state index is 12.4. The minimum absolute atomic E-state index is 0.120. The summed E-state index contributed by atoms with van der Waals surface area (Å²) in [7, 11) is 0. The number of aromatic nitrogens is 1. The Balaban J connectivity index is 1.31. The highest BCUT2D eigenvalue weighted by Gasteiger charge is 2.27. The van der Waals surface area contributed by atoms with Crippen LogP contribution in [-0.2, 0) is 9.53 Å². The van der Waals surface area contributed by atoms with Crippen LogP contribution in [0.3, 0.4) is 0 Å². The third kappa shape index (κ3) is 3.80. The summed E-state index contributed by atoms with van der Waals surface area (Å²) in [5, 5.41) is 4.16. The van der Waals surface area contributed by atoms with Gasteiger partial charge in [-0.3, -0.25) is 4.79 Å². The van der Waals surface area contributed by atoms with Crippen molar-refractivity contribution in [3.05, 3.63) is 23.8 Å². The molecule has 0 radical (unpaired) electrons. The van der Waals surface area contributed by atoms with E-state index in [-0.39, 0.29) is 17.9 Å². The molecular formula is C19H25N3O2S. The summed E-state index contributed by atoms with van der Waals surface area (Å²) in [4.78, 5) is 19.5. The van der Waals surface area contributed by atoms with E-state index in [0.717, 1.165) is 56.0 Å². The summed E-state index contributed by atoms with van der Waals surface area (Å²) in [6, 6.07) is 6.40. The molecule has 0 spiro atoms. The van der Waals surface area contributed by atoms with Gasteiger partial charge < -0.3 is 15.0 Å². The summed E-state index contributed by atoms with van der Waals surface area (Å²) < 4.78 is 6.81. The Kier molecular flexibility index (Phi) is 4.90. The highest BCUT2D eigenvalue weighted by atomic mass is 32.1. The summed E-state index contributed by atoms with van der Waals surface area (Å²) in [5.74, 6) is 0.310. The number of piperidine rings is 1. The average Bonchev–Trinajstić information content (AvgIpc) is 3.29. The molecule has 3 heterocycles. The smallest absolute Gasteiger partial charge is 0.223 e. The molecule has 4 rings (SSSR count). The molecular weight excluding hydrogens is 334 g/mol. The van der Waals surface area contributed by atoms with Crippen molar-refractivity contribution in [3.63, 3.8) is 0 Å². The average molecular weight is 359 g/mol. The predicted molar refractivity (Wildman–Crippen MR) is 101 cm³/mol. The Bertz CT molecular complexity index is 746. The number of benzene rings is 1. The molecule has 2 saturated heterocycles. The van der Waals surface area contributed by atoms with E-state index in [1.54, 1.807) is 11.3 Å². The second-order valence-corrected chi connectivity index (χ2v) is 8.12. The van der Waals surface area contributed by atoms with E-state index in [1.165, 1.54) is 10.3 Å². The number of anilines is 1. The number of hydrogen-bond donors (Lipinski definition) is 1. The minimum Gasteiger partial charge on any atom is -0.376 e. The van der Waals surface area contributed by atoms with Gasteiger partial charge in [0, 0.05) is 32.2 Å². The first kappa shape index (κ1) is 16.8. The largest absolute Gasteiger partial charge is 0.376 e. The predicted octanol–water partition coefficient (Wildman–Crippen LogP) is 3.12. The Hall–Kier alpha value is -1.66. The van der Waals surface area contributed by atoms with Gasteiger partial charge in [-0.15, -0.1) is 0 Å². The number of thiazole rings is 1. The first-order chi connectivity index (χ1) is 12.2. The molecule has 2 aliphatic heterocycles. The van der Waals surface area contributed by atoms with E-state index >= 15 is 0 Å². The fourth-order valence-electron chi connectivity index (χ4n) is 3.65. The van der Waals surface area contributed by atoms with Crippen molar-refractivity contribution in [1.82, 2.24) is 10.3 Å². The Morgan fingerprint density at radius 1 is 1.36 bits per heavy atom. The number of ether oxygens (including phenoxy) is 1. The Morgan fingerprint density at radius 2 is 2.20 bits per heavy atom. The number of amides is 1. The fraction of sp³-hybridized carbons (Fsp3) is 0.579. The van der Waals surface area contributed by atoms with Crippen molar-refractivity contribution in [2.45, 2.75) is 38.7 Å². The monoisotopic (exact) mass is 359 g/mol. The van der Waals surface area contributed by atoms with Crippen LogP contribution in [0.15, 0.2) is 18.2 Å². The van der Waals surface area contributed by atoms with Crippen LogP contribution in [0.25, 0.3) is 10.2 Å². The molecule has 1 N–H and O–H groups in total. The lowest BCUT2D eigenvalue weighted by Gasteiger charge is -2.31. The Morgan fingerprint density at radius 3 is 2.96 bits per heavy atom. The number of rotatable bonds is 4. The van der Waals surface area contributed by atoms with Gasteiger partial charge in [0.1, 0.15) is 0 Å². The summed E-state index contributed by atoms with van der Waals surface area (Å²) in [6.07, 6.45) is 4.19. The van der Waals surface area contributed by atoms with Gasteiger partial charge in [-0.25, -0.2) is 4.98 Å². The number of hydrogen-bond acceptors (Lipinski definition) is 5. The number of carbonyl (C=O) groups is 1. The highest BCUT2D eigenvalue weighted by Crippen LogP contribution is 2.32. The lowest BCUT2D eigenvalue weighted by molar-refractivity contribution is -0.126. The SMILES string of the molecule is Cc1ccc2nc(N3CCC(C(=O)NCC4CCCO4)CC3)sc2c1. The molecule has 0 aliphatic carbocycles. The topological polar surface area (TPSA) is 54.5 Å². The van der Waals surface area contributed by atoms with Crippen molar-refractivity contribution >= 4 is 32.6 Å². The van der Waals surface area contributed by atoms with Crippen LogP contribution in [0.5, 0.6) is 0 Å². The second-order valence-electron chi connectivity index (χ2n) is 7.11. The standard InChI is InChI=1S/C19H25N3O2S/c1-13-4-5-16-17(11-13)25-19(21-16)22-8-6-14(7-9-22)18(23)20-12-15-3-2-10-24-15/h4-5,11,14-15H,2-3,6-10,12H2,1H3,(H,20,23). The normalized spacial score (nSPS) is 21.8. The molecule has 2 aromatic rings. The van der Waals surface area contributed by atoms with E-state index < -0.39 is 0 Å². The summed E-state index contributed by atoms with van der Waals surface area (Å²) >= 11 is 1.75. The third-order valence-corrected chi connectivity index (χ3v) is 6.28. The van der Waals surface area contributed by atoms with Crippen LogP contribution in [-0.4, -0.2) is 43.2 Å². The zero-order valence-corrected chi connectivity index (χ0v) is 15.5. The molecule has 1 unspecified atom stereocenters. The van der Waals surface area contributed by atoms with Crippen LogP contribution in [0.1, 0.15) is 31.2 Å². The van der Waals surface area contributed by atoms with Gasteiger partial charge in [0.2, 0.25) is 5.91 Å². The second kappa shape index (κ2) is 7.30. The number of fused-ring (bicyclic) bond motifs is 1. The molecule has 1 atom stereocenters. The first-order valence-electron chi connectivity index (χ1n) is 9.20. The van der Waals surface area contributed by atoms with Crippen LogP contribution in [0, 0.1) is 12.8 Å². The lowest BCUT2D eigenvalue weighted by Crippen LogP contribution is -2.42. The van der Waals surface area contributed by atoms with Gasteiger partial charge in [-0.05, 0) is 50.3 Å². The summed E-state index contributed by atoms with van der Waals surface area (Å²) in [5.41, 5.74) is 2.34. The van der Waals surface area contributed by atoms with Crippen molar-refractivity contribution in [3.8, 4) is 0 Å². The molecule has 2 fully saturated rings. The van der Waals surface area contributed by atoms with Crippen LogP contribution >= 0.6 is 11.3 Å². The maximum Gasteiger partial charge on any atom is 0.223 e. The van der Waals surface area contributed by atoms with Crippen molar-refractivity contribution in [1.29, 1.82) is 0 Å². The molecule has 1 amide bonds. The number of carbonyl (C=O) groups excluding carboxylic acids is 1. The quantitative estimate of drug-likeness (QED) is 0.911. The van der Waals surface area contributed by atoms with Crippen LogP contribution in [0.4, 0.5) is 5.13 Å². The zero-order valence-electron chi connectivity index (χ0n) is 14.7. The molecule has 2 aliphatic rings. The van der Waals surface area contributed by atoms with E-state index in [0.29, 0.717) is 6.54 Å². The lowest BCUT2D eigenvalue weighted by atomic mass is 9.96. The Labute approximate surface area is 152 Å². The number of nitrogens with one attached hydrogen (secondary N) is 1. The van der Waals surface area contributed by atoms with Crippen molar-refractivity contribution < 1.29 is 9.53 Å². The van der Waals surface area contributed by atoms with Gasteiger partial charge in [0.05, 0.1) is 16.3 Å². The van der Waals surface area contributed by atoms with Crippen LogP contribution < -0.4 is 10.2 Å². The van der Waals surface area contributed by atoms with Gasteiger partial charge in [0.25, 0.3) is 0 Å². The molecule has 0 bridgehead atoms. The highest BCUT2D eigenvalue weighted by molar-refractivity contribution is 7.22.